The van der Waals surface area contributed by atoms with E-state index in [9.17, 15) is 9.18 Å². The first-order valence-electron chi connectivity index (χ1n) is 9.78. The first kappa shape index (κ1) is 20.3. The minimum Gasteiger partial charge on any atom is -0.493 e. The molecule has 2 aromatic carbocycles. The van der Waals surface area contributed by atoms with Crippen molar-refractivity contribution in [3.05, 3.63) is 64.0 Å². The standard InChI is InChI=1S/C22H24FN3O4/c1-28-18-11-16-17(12-19(18)29-2)25-20(26-21(16)27)13-24-22(7-9-30-10-8-22)14-3-5-15(23)6-4-14/h3-6,11-12,24H,7-10,13H2,1-2H3,(H,25,26,27). The zero-order valence-electron chi connectivity index (χ0n) is 17.0. The predicted molar refractivity (Wildman–Crippen MR) is 110 cm³/mol. The van der Waals surface area contributed by atoms with Gasteiger partial charge in [-0.2, -0.15) is 0 Å². The van der Waals surface area contributed by atoms with E-state index < -0.39 is 0 Å². The topological polar surface area (TPSA) is 85.5 Å². The van der Waals surface area contributed by atoms with Crippen LogP contribution in [0.4, 0.5) is 4.39 Å². The van der Waals surface area contributed by atoms with Crippen LogP contribution in [0.1, 0.15) is 24.2 Å². The molecule has 0 saturated carbocycles. The van der Waals surface area contributed by atoms with Gasteiger partial charge in [-0.3, -0.25) is 4.79 Å². The number of benzene rings is 2. The number of halogens is 1. The number of aromatic nitrogens is 2. The van der Waals surface area contributed by atoms with Crippen LogP contribution >= 0.6 is 0 Å². The molecule has 0 radical (unpaired) electrons. The van der Waals surface area contributed by atoms with Crippen molar-refractivity contribution in [2.24, 2.45) is 0 Å². The maximum Gasteiger partial charge on any atom is 0.258 e. The molecule has 2 N–H and O–H groups in total. The summed E-state index contributed by atoms with van der Waals surface area (Å²) in [7, 11) is 3.06. The molecule has 8 heteroatoms. The van der Waals surface area contributed by atoms with Crippen LogP contribution in [0, 0.1) is 5.82 Å². The van der Waals surface area contributed by atoms with Gasteiger partial charge < -0.3 is 24.5 Å². The first-order chi connectivity index (χ1) is 14.5. The number of methoxy groups -OCH3 is 2. The second-order valence-electron chi connectivity index (χ2n) is 7.29. The van der Waals surface area contributed by atoms with Gasteiger partial charge in [0, 0.05) is 24.8 Å². The molecule has 2 heterocycles. The monoisotopic (exact) mass is 413 g/mol. The number of nitrogens with zero attached hydrogens (tertiary/aromatic N) is 1. The smallest absolute Gasteiger partial charge is 0.258 e. The number of aromatic amines is 1. The van der Waals surface area contributed by atoms with Crippen LogP contribution in [-0.2, 0) is 16.8 Å². The average molecular weight is 413 g/mol. The normalized spacial score (nSPS) is 15.8. The van der Waals surface area contributed by atoms with E-state index in [2.05, 4.69) is 15.3 Å². The van der Waals surface area contributed by atoms with Gasteiger partial charge >= 0.3 is 0 Å². The summed E-state index contributed by atoms with van der Waals surface area (Å²) in [6.45, 7) is 1.54. The quantitative estimate of drug-likeness (QED) is 0.646. The lowest BCUT2D eigenvalue weighted by Crippen LogP contribution is -2.46. The van der Waals surface area contributed by atoms with Gasteiger partial charge in [0.05, 0.1) is 31.7 Å². The van der Waals surface area contributed by atoms with Crippen LogP contribution in [-0.4, -0.2) is 37.4 Å². The highest BCUT2D eigenvalue weighted by Gasteiger charge is 2.34. The molecular weight excluding hydrogens is 389 g/mol. The Labute approximate surface area is 173 Å². The number of hydrogen-bond acceptors (Lipinski definition) is 6. The van der Waals surface area contributed by atoms with Gasteiger partial charge in [-0.05, 0) is 36.6 Å². The van der Waals surface area contributed by atoms with Crippen molar-refractivity contribution < 1.29 is 18.6 Å². The highest BCUT2D eigenvalue weighted by atomic mass is 19.1. The number of hydrogen-bond donors (Lipinski definition) is 2. The van der Waals surface area contributed by atoms with E-state index in [0.717, 1.165) is 18.4 Å². The first-order valence-corrected chi connectivity index (χ1v) is 9.78. The van der Waals surface area contributed by atoms with Crippen molar-refractivity contribution in [1.82, 2.24) is 15.3 Å². The van der Waals surface area contributed by atoms with E-state index in [1.54, 1.807) is 24.3 Å². The van der Waals surface area contributed by atoms with E-state index in [-0.39, 0.29) is 16.9 Å². The van der Waals surface area contributed by atoms with Crippen molar-refractivity contribution >= 4 is 10.9 Å². The average Bonchev–Trinajstić information content (AvgIpc) is 2.78. The van der Waals surface area contributed by atoms with Crippen LogP contribution in [0.25, 0.3) is 10.9 Å². The Hall–Kier alpha value is -2.97. The second-order valence-corrected chi connectivity index (χ2v) is 7.29. The summed E-state index contributed by atoms with van der Waals surface area (Å²) >= 11 is 0. The molecule has 0 aliphatic carbocycles. The molecule has 0 amide bonds. The molecule has 0 bridgehead atoms. The van der Waals surface area contributed by atoms with Gasteiger partial charge in [-0.25, -0.2) is 9.37 Å². The molecular formula is C22H24FN3O4. The number of ether oxygens (including phenoxy) is 3. The summed E-state index contributed by atoms with van der Waals surface area (Å²) in [4.78, 5) is 20.1. The Balaban J connectivity index is 1.65. The van der Waals surface area contributed by atoms with Crippen molar-refractivity contribution in [2.75, 3.05) is 27.4 Å². The van der Waals surface area contributed by atoms with Gasteiger partial charge in [-0.1, -0.05) is 12.1 Å². The molecule has 0 spiro atoms. The van der Waals surface area contributed by atoms with Crippen LogP contribution in [0.2, 0.25) is 0 Å². The van der Waals surface area contributed by atoms with Crippen LogP contribution in [0.5, 0.6) is 11.5 Å². The van der Waals surface area contributed by atoms with Gasteiger partial charge in [0.2, 0.25) is 0 Å². The minimum absolute atomic E-state index is 0.249. The Kier molecular flexibility index (Phi) is 5.69. The third kappa shape index (κ3) is 3.88. The lowest BCUT2D eigenvalue weighted by atomic mass is 9.82. The molecule has 1 saturated heterocycles. The molecule has 4 rings (SSSR count). The number of nitrogens with one attached hydrogen (secondary N) is 2. The second kappa shape index (κ2) is 8.41. The third-order valence-corrected chi connectivity index (χ3v) is 5.60. The summed E-state index contributed by atoms with van der Waals surface area (Å²) in [5.74, 6) is 1.22. The van der Waals surface area contributed by atoms with Crippen LogP contribution in [0.15, 0.2) is 41.2 Å². The predicted octanol–water partition coefficient (Wildman–Crippen LogP) is 2.87. The molecule has 158 valence electrons. The number of fused-ring (bicyclic) bond motifs is 1. The Morgan fingerprint density at radius 3 is 2.47 bits per heavy atom. The number of H-pyrrole nitrogens is 1. The molecule has 30 heavy (non-hydrogen) atoms. The highest BCUT2D eigenvalue weighted by molar-refractivity contribution is 5.81. The fraction of sp³-hybridized carbons (Fsp3) is 0.364. The molecule has 1 aromatic heterocycles. The molecule has 3 aromatic rings. The molecule has 7 nitrogen and oxygen atoms in total. The molecule has 1 aliphatic heterocycles. The summed E-state index contributed by atoms with van der Waals surface area (Å²) in [5.41, 5.74) is 0.884. The molecule has 0 unspecified atom stereocenters. The zero-order chi connectivity index (χ0) is 21.1. The molecule has 1 fully saturated rings. The van der Waals surface area contributed by atoms with Crippen LogP contribution in [0.3, 0.4) is 0 Å². The summed E-state index contributed by atoms with van der Waals surface area (Å²) < 4.78 is 29.6. The van der Waals surface area contributed by atoms with Crippen LogP contribution < -0.4 is 20.3 Å². The summed E-state index contributed by atoms with van der Waals surface area (Å²) in [6.07, 6.45) is 1.48. The fourth-order valence-electron chi connectivity index (χ4n) is 3.91. The molecule has 0 atom stereocenters. The van der Waals surface area contributed by atoms with E-state index >= 15 is 0 Å². The minimum atomic E-state index is -0.378. The SMILES string of the molecule is COc1cc2nc(CNC3(c4ccc(F)cc4)CCOCC3)[nH]c(=O)c2cc1OC. The van der Waals surface area contributed by atoms with E-state index in [4.69, 9.17) is 14.2 Å². The maximum absolute atomic E-state index is 13.4. The largest absolute Gasteiger partial charge is 0.493 e. The summed E-state index contributed by atoms with van der Waals surface area (Å²) in [5, 5.41) is 3.97. The lowest BCUT2D eigenvalue weighted by molar-refractivity contribution is 0.0355. The van der Waals surface area contributed by atoms with Gasteiger partial charge in [-0.15, -0.1) is 0 Å². The van der Waals surface area contributed by atoms with Gasteiger partial charge in [0.15, 0.2) is 11.5 Å². The van der Waals surface area contributed by atoms with E-state index in [1.165, 1.54) is 26.4 Å². The zero-order valence-corrected chi connectivity index (χ0v) is 17.0. The van der Waals surface area contributed by atoms with Crippen molar-refractivity contribution in [3.8, 4) is 11.5 Å². The van der Waals surface area contributed by atoms with Crippen molar-refractivity contribution in [3.63, 3.8) is 0 Å². The van der Waals surface area contributed by atoms with Crippen molar-refractivity contribution in [2.45, 2.75) is 24.9 Å². The molecule has 1 aliphatic rings. The van der Waals surface area contributed by atoms with E-state index in [0.29, 0.717) is 48.0 Å². The van der Waals surface area contributed by atoms with Gasteiger partial charge in [0.1, 0.15) is 11.6 Å². The van der Waals surface area contributed by atoms with Gasteiger partial charge in [0.25, 0.3) is 5.56 Å². The Bertz CT molecular complexity index is 1090. The lowest BCUT2D eigenvalue weighted by Gasteiger charge is -2.38. The van der Waals surface area contributed by atoms with E-state index in [1.807, 2.05) is 0 Å². The Morgan fingerprint density at radius 1 is 1.13 bits per heavy atom. The maximum atomic E-state index is 13.4. The van der Waals surface area contributed by atoms with Crippen molar-refractivity contribution in [1.29, 1.82) is 0 Å². The highest BCUT2D eigenvalue weighted by Crippen LogP contribution is 2.33. The fourth-order valence-corrected chi connectivity index (χ4v) is 3.91. The summed E-state index contributed by atoms with van der Waals surface area (Å²) in [6, 6.07) is 9.82. The Morgan fingerprint density at radius 2 is 1.80 bits per heavy atom. The third-order valence-electron chi connectivity index (χ3n) is 5.60. The number of rotatable bonds is 6.